The van der Waals surface area contributed by atoms with E-state index in [9.17, 15) is 13.2 Å². The molecule has 0 heterocycles. The van der Waals surface area contributed by atoms with Gasteiger partial charge in [0.2, 0.25) is 10.0 Å². The second-order valence-corrected chi connectivity index (χ2v) is 9.09. The Morgan fingerprint density at radius 3 is 2.76 bits per heavy atom. The molecule has 0 fully saturated rings. The SMILES string of the molecule is CCCNS(=O)(=O)c1ccc(OCC(=O)NC2CCCc3ccccc32)c(C)c1. The van der Waals surface area contributed by atoms with Gasteiger partial charge in [-0.1, -0.05) is 31.2 Å². The molecule has 0 saturated carbocycles. The molecule has 6 nitrogen and oxygen atoms in total. The number of ether oxygens (including phenoxy) is 1. The minimum atomic E-state index is -3.53. The highest BCUT2D eigenvalue weighted by atomic mass is 32.2. The van der Waals surface area contributed by atoms with Gasteiger partial charge in [-0.2, -0.15) is 0 Å². The van der Waals surface area contributed by atoms with Crippen LogP contribution in [0.1, 0.15) is 48.9 Å². The van der Waals surface area contributed by atoms with Crippen LogP contribution in [0.5, 0.6) is 5.75 Å². The van der Waals surface area contributed by atoms with Crippen molar-refractivity contribution in [1.29, 1.82) is 0 Å². The highest BCUT2D eigenvalue weighted by molar-refractivity contribution is 7.89. The third kappa shape index (κ3) is 5.36. The van der Waals surface area contributed by atoms with Gasteiger partial charge < -0.3 is 10.1 Å². The van der Waals surface area contributed by atoms with Crippen molar-refractivity contribution in [3.8, 4) is 5.75 Å². The fourth-order valence-electron chi connectivity index (χ4n) is 3.55. The third-order valence-electron chi connectivity index (χ3n) is 5.06. The Kier molecular flexibility index (Phi) is 6.92. The number of nitrogens with one attached hydrogen (secondary N) is 2. The summed E-state index contributed by atoms with van der Waals surface area (Å²) in [4.78, 5) is 12.6. The van der Waals surface area contributed by atoms with Crippen molar-refractivity contribution >= 4 is 15.9 Å². The van der Waals surface area contributed by atoms with Crippen molar-refractivity contribution in [2.75, 3.05) is 13.2 Å². The van der Waals surface area contributed by atoms with Crippen LogP contribution in [0, 0.1) is 6.92 Å². The molecule has 1 aliphatic carbocycles. The average molecular weight is 417 g/mol. The van der Waals surface area contributed by atoms with E-state index in [1.165, 1.54) is 17.2 Å². The van der Waals surface area contributed by atoms with Crippen molar-refractivity contribution in [3.05, 3.63) is 59.2 Å². The minimum Gasteiger partial charge on any atom is -0.484 e. The van der Waals surface area contributed by atoms with Crippen LogP contribution in [0.4, 0.5) is 0 Å². The lowest BCUT2D eigenvalue weighted by Gasteiger charge is -2.26. The quantitative estimate of drug-likeness (QED) is 0.692. The Labute approximate surface area is 172 Å². The smallest absolute Gasteiger partial charge is 0.258 e. The zero-order valence-electron chi connectivity index (χ0n) is 16.9. The van der Waals surface area contributed by atoms with Crippen molar-refractivity contribution in [2.24, 2.45) is 0 Å². The number of benzene rings is 2. The highest BCUT2D eigenvalue weighted by Gasteiger charge is 2.21. The first-order chi connectivity index (χ1) is 13.9. The Hall–Kier alpha value is -2.38. The van der Waals surface area contributed by atoms with E-state index >= 15 is 0 Å². The molecule has 2 N–H and O–H groups in total. The molecule has 1 aliphatic rings. The molecule has 29 heavy (non-hydrogen) atoms. The van der Waals surface area contributed by atoms with Crippen molar-refractivity contribution in [1.82, 2.24) is 10.0 Å². The summed E-state index contributed by atoms with van der Waals surface area (Å²) in [5.74, 6) is 0.311. The van der Waals surface area contributed by atoms with Gasteiger partial charge in [0.05, 0.1) is 10.9 Å². The van der Waals surface area contributed by atoms with Crippen molar-refractivity contribution in [3.63, 3.8) is 0 Å². The zero-order valence-corrected chi connectivity index (χ0v) is 17.7. The number of rotatable bonds is 8. The predicted molar refractivity (Wildman–Crippen MR) is 112 cm³/mol. The maximum atomic E-state index is 12.4. The van der Waals surface area contributed by atoms with Gasteiger partial charge in [0.15, 0.2) is 6.61 Å². The van der Waals surface area contributed by atoms with Crippen LogP contribution in [0.15, 0.2) is 47.4 Å². The number of carbonyl (C=O) groups is 1. The molecule has 0 saturated heterocycles. The monoisotopic (exact) mass is 416 g/mol. The summed E-state index contributed by atoms with van der Waals surface area (Å²) in [6.45, 7) is 3.95. The number of hydrogen-bond acceptors (Lipinski definition) is 4. The molecule has 0 radical (unpaired) electrons. The van der Waals surface area contributed by atoms with E-state index in [0.717, 1.165) is 25.7 Å². The molecule has 1 amide bonds. The summed E-state index contributed by atoms with van der Waals surface area (Å²) < 4.78 is 32.6. The number of hydrogen-bond donors (Lipinski definition) is 2. The first-order valence-corrected chi connectivity index (χ1v) is 11.5. The summed E-state index contributed by atoms with van der Waals surface area (Å²) in [5.41, 5.74) is 3.13. The van der Waals surface area contributed by atoms with Gasteiger partial charge in [0.1, 0.15) is 5.75 Å². The highest BCUT2D eigenvalue weighted by Crippen LogP contribution is 2.29. The van der Waals surface area contributed by atoms with Crippen LogP contribution in [-0.4, -0.2) is 27.5 Å². The average Bonchev–Trinajstić information content (AvgIpc) is 2.71. The van der Waals surface area contributed by atoms with Gasteiger partial charge in [-0.25, -0.2) is 13.1 Å². The maximum absolute atomic E-state index is 12.4. The summed E-state index contributed by atoms with van der Waals surface area (Å²) >= 11 is 0. The van der Waals surface area contributed by atoms with Gasteiger partial charge in [0.25, 0.3) is 5.91 Å². The van der Waals surface area contributed by atoms with Crippen LogP contribution in [0.2, 0.25) is 0 Å². The first-order valence-electron chi connectivity index (χ1n) is 10.0. The summed E-state index contributed by atoms with van der Waals surface area (Å²) in [6.07, 6.45) is 3.73. The third-order valence-corrected chi connectivity index (χ3v) is 6.52. The Balaban J connectivity index is 1.60. The molecular formula is C22H28N2O4S. The van der Waals surface area contributed by atoms with E-state index in [2.05, 4.69) is 22.2 Å². The second kappa shape index (κ2) is 9.41. The number of aryl methyl sites for hydroxylation is 2. The Bertz CT molecular complexity index is 973. The molecule has 2 aromatic carbocycles. The molecule has 2 aromatic rings. The molecule has 0 bridgehead atoms. The van der Waals surface area contributed by atoms with Gasteiger partial charge in [0, 0.05) is 6.54 Å². The second-order valence-electron chi connectivity index (χ2n) is 7.32. The zero-order chi connectivity index (χ0) is 20.9. The van der Waals surface area contributed by atoms with E-state index in [1.807, 2.05) is 19.1 Å². The van der Waals surface area contributed by atoms with E-state index < -0.39 is 10.0 Å². The largest absolute Gasteiger partial charge is 0.484 e. The first kappa shape index (κ1) is 21.3. The van der Waals surface area contributed by atoms with E-state index in [0.29, 0.717) is 17.9 Å². The Morgan fingerprint density at radius 1 is 1.21 bits per heavy atom. The molecule has 3 rings (SSSR count). The summed E-state index contributed by atoms with van der Waals surface area (Å²) in [5, 5.41) is 3.05. The molecule has 1 unspecified atom stereocenters. The molecule has 7 heteroatoms. The Morgan fingerprint density at radius 2 is 2.00 bits per heavy atom. The molecule has 156 valence electrons. The summed E-state index contributed by atoms with van der Waals surface area (Å²) in [7, 11) is -3.53. The molecule has 0 spiro atoms. The van der Waals surface area contributed by atoms with Crippen LogP contribution >= 0.6 is 0 Å². The van der Waals surface area contributed by atoms with Crippen LogP contribution in [-0.2, 0) is 21.2 Å². The van der Waals surface area contributed by atoms with E-state index in [-0.39, 0.29) is 23.5 Å². The molecule has 1 atom stereocenters. The van der Waals surface area contributed by atoms with Gasteiger partial charge in [-0.05, 0) is 67.5 Å². The lowest BCUT2D eigenvalue weighted by molar-refractivity contribution is -0.124. The van der Waals surface area contributed by atoms with E-state index in [1.54, 1.807) is 19.1 Å². The van der Waals surface area contributed by atoms with Crippen molar-refractivity contribution in [2.45, 2.75) is 50.5 Å². The number of carbonyl (C=O) groups excluding carboxylic acids is 1. The lowest BCUT2D eigenvalue weighted by atomic mass is 9.88. The van der Waals surface area contributed by atoms with Crippen LogP contribution < -0.4 is 14.8 Å². The predicted octanol–water partition coefficient (Wildman–Crippen LogP) is 3.26. The van der Waals surface area contributed by atoms with E-state index in [4.69, 9.17) is 4.74 Å². The van der Waals surface area contributed by atoms with Crippen molar-refractivity contribution < 1.29 is 17.9 Å². The maximum Gasteiger partial charge on any atom is 0.258 e. The number of sulfonamides is 1. The molecular weight excluding hydrogens is 388 g/mol. The van der Waals surface area contributed by atoms with Gasteiger partial charge >= 0.3 is 0 Å². The standard InChI is InChI=1S/C22H28N2O4S/c1-3-13-23-29(26,27)18-11-12-21(16(2)14-18)28-15-22(25)24-20-10-6-8-17-7-4-5-9-19(17)20/h4-5,7,9,11-12,14,20,23H,3,6,8,10,13,15H2,1-2H3,(H,24,25). The number of fused-ring (bicyclic) bond motifs is 1. The topological polar surface area (TPSA) is 84.5 Å². The normalized spacial score (nSPS) is 16.1. The fraction of sp³-hybridized carbons (Fsp3) is 0.409. The van der Waals surface area contributed by atoms with Gasteiger partial charge in [-0.3, -0.25) is 4.79 Å². The number of amides is 1. The summed E-state index contributed by atoms with van der Waals surface area (Å²) in [6, 6.07) is 12.9. The fourth-order valence-corrected chi connectivity index (χ4v) is 4.77. The molecule has 0 aromatic heterocycles. The van der Waals surface area contributed by atoms with Crippen LogP contribution in [0.25, 0.3) is 0 Å². The minimum absolute atomic E-state index is 0.00862. The van der Waals surface area contributed by atoms with Crippen LogP contribution in [0.3, 0.4) is 0 Å². The lowest BCUT2D eigenvalue weighted by Crippen LogP contribution is -2.34. The molecule has 0 aliphatic heterocycles. The van der Waals surface area contributed by atoms with Gasteiger partial charge in [-0.15, -0.1) is 0 Å².